The molecular weight excluding hydrogens is 731 g/mol. The lowest BCUT2D eigenvalue weighted by Gasteiger charge is -2.40. The van der Waals surface area contributed by atoms with Crippen molar-refractivity contribution in [2.75, 3.05) is 13.2 Å². The van der Waals surface area contributed by atoms with Gasteiger partial charge in [0.25, 0.3) is 0 Å². The Labute approximate surface area is 356 Å². The molecule has 0 bridgehead atoms. The molecule has 1 aliphatic rings. The summed E-state index contributed by atoms with van der Waals surface area (Å²) in [4.78, 5) is 12.9. The fraction of sp³-hybridized carbons (Fsp3) is 0.898. The summed E-state index contributed by atoms with van der Waals surface area (Å²) in [7, 11) is 0. The van der Waals surface area contributed by atoms with Crippen LogP contribution in [-0.2, 0) is 14.3 Å². The zero-order chi connectivity index (χ0) is 42.3. The quantitative estimate of drug-likeness (QED) is 0.0264. The van der Waals surface area contributed by atoms with Gasteiger partial charge in [0.1, 0.15) is 24.4 Å². The van der Waals surface area contributed by atoms with Gasteiger partial charge in [0.05, 0.1) is 25.4 Å². The minimum atomic E-state index is -1.56. The predicted molar refractivity (Wildman–Crippen MR) is 240 cm³/mol. The lowest BCUT2D eigenvalue weighted by molar-refractivity contribution is -0.302. The van der Waals surface area contributed by atoms with Crippen LogP contribution in [0.3, 0.4) is 0 Å². The van der Waals surface area contributed by atoms with E-state index in [2.05, 4.69) is 31.3 Å². The van der Waals surface area contributed by atoms with Crippen LogP contribution in [0.15, 0.2) is 24.3 Å². The van der Waals surface area contributed by atoms with Gasteiger partial charge < -0.3 is 40.3 Å². The topological polar surface area (TPSA) is 149 Å². The van der Waals surface area contributed by atoms with Gasteiger partial charge in [-0.2, -0.15) is 0 Å². The Morgan fingerprint density at radius 3 is 1.40 bits per heavy atom. The Hall–Kier alpha value is -1.33. The van der Waals surface area contributed by atoms with Gasteiger partial charge in [-0.3, -0.25) is 4.79 Å². The van der Waals surface area contributed by atoms with Crippen LogP contribution in [0.1, 0.15) is 226 Å². The Morgan fingerprint density at radius 1 is 0.569 bits per heavy atom. The Kier molecular flexibility index (Phi) is 37.5. The summed E-state index contributed by atoms with van der Waals surface area (Å²) < 4.78 is 11.2. The molecule has 7 unspecified atom stereocenters. The van der Waals surface area contributed by atoms with E-state index in [1.807, 2.05) is 6.08 Å². The highest BCUT2D eigenvalue weighted by atomic mass is 16.7. The normalized spacial score (nSPS) is 21.0. The molecule has 6 N–H and O–H groups in total. The molecule has 0 aromatic heterocycles. The minimum Gasteiger partial charge on any atom is -0.394 e. The molecule has 0 spiro atoms. The summed E-state index contributed by atoms with van der Waals surface area (Å²) >= 11 is 0. The van der Waals surface area contributed by atoms with E-state index in [-0.39, 0.29) is 12.5 Å². The Bertz CT molecular complexity index is 961. The third-order valence-corrected chi connectivity index (χ3v) is 11.8. The lowest BCUT2D eigenvalue weighted by atomic mass is 9.99. The van der Waals surface area contributed by atoms with Crippen molar-refractivity contribution in [3.8, 4) is 0 Å². The minimum absolute atomic E-state index is 0.180. The molecule has 0 aliphatic carbocycles. The number of rotatable bonds is 41. The smallest absolute Gasteiger partial charge is 0.220 e. The van der Waals surface area contributed by atoms with Gasteiger partial charge in [0.2, 0.25) is 5.91 Å². The second-order valence-electron chi connectivity index (χ2n) is 17.3. The summed E-state index contributed by atoms with van der Waals surface area (Å²) in [6.45, 7) is 3.75. The molecule has 9 heteroatoms. The van der Waals surface area contributed by atoms with Gasteiger partial charge >= 0.3 is 0 Å². The van der Waals surface area contributed by atoms with Crippen LogP contribution in [0.25, 0.3) is 0 Å². The van der Waals surface area contributed by atoms with E-state index in [9.17, 15) is 30.3 Å². The van der Waals surface area contributed by atoms with E-state index in [1.54, 1.807) is 6.08 Å². The SMILES string of the molecule is CCCCCCCCC/C=C/C(O)C(COC1OC(CO)C(O)C(O)C1O)NC(=O)CCCCCCCCCCCC/C=C\CCCCCCCCCCCCCC. The van der Waals surface area contributed by atoms with Crippen molar-refractivity contribution < 1.29 is 39.8 Å². The summed E-state index contributed by atoms with van der Waals surface area (Å²) in [5, 5.41) is 54.0. The Balaban J connectivity index is 2.18. The van der Waals surface area contributed by atoms with E-state index < -0.39 is 49.5 Å². The number of hydrogen-bond donors (Lipinski definition) is 6. The monoisotopic (exact) mass is 824 g/mol. The zero-order valence-electron chi connectivity index (χ0n) is 37.6. The van der Waals surface area contributed by atoms with Crippen molar-refractivity contribution in [3.05, 3.63) is 24.3 Å². The van der Waals surface area contributed by atoms with Gasteiger partial charge in [-0.15, -0.1) is 0 Å². The molecule has 0 saturated carbocycles. The molecule has 58 heavy (non-hydrogen) atoms. The van der Waals surface area contributed by atoms with Crippen LogP contribution in [0.5, 0.6) is 0 Å². The highest BCUT2D eigenvalue weighted by Crippen LogP contribution is 2.23. The first kappa shape index (κ1) is 54.7. The molecule has 0 aromatic carbocycles. The highest BCUT2D eigenvalue weighted by Gasteiger charge is 2.44. The van der Waals surface area contributed by atoms with Crippen molar-refractivity contribution in [1.29, 1.82) is 0 Å². The van der Waals surface area contributed by atoms with Gasteiger partial charge in [-0.25, -0.2) is 0 Å². The van der Waals surface area contributed by atoms with Crippen molar-refractivity contribution in [2.45, 2.75) is 269 Å². The molecule has 0 radical (unpaired) electrons. The first-order valence-corrected chi connectivity index (χ1v) is 24.6. The van der Waals surface area contributed by atoms with Crippen molar-refractivity contribution in [3.63, 3.8) is 0 Å². The molecule has 7 atom stereocenters. The molecule has 1 heterocycles. The molecule has 342 valence electrons. The van der Waals surface area contributed by atoms with E-state index in [0.717, 1.165) is 38.5 Å². The maximum Gasteiger partial charge on any atom is 0.220 e. The highest BCUT2D eigenvalue weighted by molar-refractivity contribution is 5.76. The fourth-order valence-electron chi connectivity index (χ4n) is 7.80. The van der Waals surface area contributed by atoms with Gasteiger partial charge in [-0.1, -0.05) is 199 Å². The maximum absolute atomic E-state index is 12.9. The Morgan fingerprint density at radius 2 is 0.966 bits per heavy atom. The second-order valence-corrected chi connectivity index (χ2v) is 17.3. The van der Waals surface area contributed by atoms with E-state index in [1.165, 1.54) is 167 Å². The maximum atomic E-state index is 12.9. The summed E-state index contributed by atoms with van der Waals surface area (Å²) in [5.74, 6) is -0.180. The second kappa shape index (κ2) is 39.8. The van der Waals surface area contributed by atoms with Gasteiger partial charge in [0, 0.05) is 6.42 Å². The number of carbonyl (C=O) groups excluding carboxylic acids is 1. The number of ether oxygens (including phenoxy) is 2. The average molecular weight is 824 g/mol. The van der Waals surface area contributed by atoms with Crippen LogP contribution >= 0.6 is 0 Å². The van der Waals surface area contributed by atoms with Crippen LogP contribution < -0.4 is 5.32 Å². The zero-order valence-corrected chi connectivity index (χ0v) is 37.6. The molecule has 1 rings (SSSR count). The molecule has 1 aliphatic heterocycles. The van der Waals surface area contributed by atoms with E-state index in [0.29, 0.717) is 6.42 Å². The third kappa shape index (κ3) is 29.8. The number of aliphatic hydroxyl groups excluding tert-OH is 5. The van der Waals surface area contributed by atoms with Crippen molar-refractivity contribution >= 4 is 5.91 Å². The van der Waals surface area contributed by atoms with Crippen LogP contribution in [-0.4, -0.2) is 87.5 Å². The van der Waals surface area contributed by atoms with Crippen molar-refractivity contribution in [2.24, 2.45) is 0 Å². The lowest BCUT2D eigenvalue weighted by Crippen LogP contribution is -2.60. The molecule has 1 fully saturated rings. The number of hydrogen-bond acceptors (Lipinski definition) is 8. The standard InChI is InChI=1S/C49H93NO8/c1-3-5-7-9-11-13-14-15-16-17-18-19-20-21-22-23-24-25-26-27-28-29-31-33-35-37-39-45(53)50-42(43(52)38-36-34-32-30-12-10-8-6-4-2)41-57-49-48(56)47(55)46(54)44(40-51)58-49/h21-22,36,38,42-44,46-49,51-52,54-56H,3-20,23-35,37,39-41H2,1-2H3,(H,50,53)/b22-21-,38-36+. The molecular formula is C49H93NO8. The number of aliphatic hydroxyl groups is 5. The molecule has 1 saturated heterocycles. The number of nitrogens with one attached hydrogen (secondary N) is 1. The van der Waals surface area contributed by atoms with Crippen LogP contribution in [0.2, 0.25) is 0 Å². The summed E-state index contributed by atoms with van der Waals surface area (Å²) in [5.41, 5.74) is 0. The molecule has 9 nitrogen and oxygen atoms in total. The summed E-state index contributed by atoms with van der Waals surface area (Å²) in [6.07, 6.45) is 41.1. The van der Waals surface area contributed by atoms with E-state index >= 15 is 0 Å². The number of unbranched alkanes of at least 4 members (excludes halogenated alkanes) is 29. The van der Waals surface area contributed by atoms with Gasteiger partial charge in [0.15, 0.2) is 6.29 Å². The first-order valence-electron chi connectivity index (χ1n) is 24.6. The van der Waals surface area contributed by atoms with Gasteiger partial charge in [-0.05, 0) is 44.9 Å². The third-order valence-electron chi connectivity index (χ3n) is 11.8. The van der Waals surface area contributed by atoms with E-state index in [4.69, 9.17) is 9.47 Å². The number of allylic oxidation sites excluding steroid dienone is 3. The number of amides is 1. The first-order chi connectivity index (χ1) is 28.3. The fourth-order valence-corrected chi connectivity index (χ4v) is 7.80. The summed E-state index contributed by atoms with van der Waals surface area (Å²) in [6, 6.07) is -0.801. The number of carbonyl (C=O) groups is 1. The molecule has 0 aromatic rings. The predicted octanol–water partition coefficient (Wildman–Crippen LogP) is 10.7. The average Bonchev–Trinajstić information content (AvgIpc) is 3.22. The van der Waals surface area contributed by atoms with Crippen LogP contribution in [0, 0.1) is 0 Å². The van der Waals surface area contributed by atoms with Crippen molar-refractivity contribution in [1.82, 2.24) is 5.32 Å². The molecule has 1 amide bonds. The van der Waals surface area contributed by atoms with Crippen LogP contribution in [0.4, 0.5) is 0 Å². The largest absolute Gasteiger partial charge is 0.394 e.